The van der Waals surface area contributed by atoms with Gasteiger partial charge in [-0.05, 0) is 19.1 Å². The summed E-state index contributed by atoms with van der Waals surface area (Å²) in [7, 11) is 0. The topological polar surface area (TPSA) is 69.8 Å². The van der Waals surface area contributed by atoms with Gasteiger partial charge in [0.15, 0.2) is 11.8 Å². The second kappa shape index (κ2) is 9.78. The summed E-state index contributed by atoms with van der Waals surface area (Å²) in [6.07, 6.45) is 0.647. The van der Waals surface area contributed by atoms with Gasteiger partial charge in [0.25, 0.3) is 0 Å². The van der Waals surface area contributed by atoms with Gasteiger partial charge in [-0.2, -0.15) is 4.98 Å². The van der Waals surface area contributed by atoms with Gasteiger partial charge in [-0.3, -0.25) is 4.99 Å². The average Bonchev–Trinajstić information content (AvgIpc) is 3.17. The van der Waals surface area contributed by atoms with Gasteiger partial charge in [-0.15, -0.1) is 0 Å². The zero-order valence-corrected chi connectivity index (χ0v) is 17.6. The lowest BCUT2D eigenvalue weighted by molar-refractivity contribution is 0.366. The van der Waals surface area contributed by atoms with Gasteiger partial charge in [0.1, 0.15) is 0 Å². The highest BCUT2D eigenvalue weighted by Gasteiger charge is 2.21. The summed E-state index contributed by atoms with van der Waals surface area (Å²) in [6, 6.07) is 8.01. The van der Waals surface area contributed by atoms with Gasteiger partial charge in [-0.25, -0.2) is 0 Å². The first-order valence-electron chi connectivity index (χ1n) is 9.93. The molecule has 28 heavy (non-hydrogen) atoms. The second-order valence-corrected chi connectivity index (χ2v) is 7.52. The first-order valence-corrected chi connectivity index (χ1v) is 10.3. The van der Waals surface area contributed by atoms with Gasteiger partial charge >= 0.3 is 0 Å². The molecule has 2 heterocycles. The summed E-state index contributed by atoms with van der Waals surface area (Å²) in [6.45, 7) is 11.3. The lowest BCUT2D eigenvalue weighted by atomic mass is 10.2. The molecule has 0 radical (unpaired) electrons. The van der Waals surface area contributed by atoms with Gasteiger partial charge in [0.05, 0.1) is 17.3 Å². The maximum Gasteiger partial charge on any atom is 0.228 e. The third-order valence-corrected chi connectivity index (χ3v) is 5.01. The highest BCUT2D eigenvalue weighted by Crippen LogP contribution is 2.26. The fourth-order valence-corrected chi connectivity index (χ4v) is 3.41. The van der Waals surface area contributed by atoms with Crippen molar-refractivity contribution in [3.63, 3.8) is 0 Å². The summed E-state index contributed by atoms with van der Waals surface area (Å²) in [5.74, 6) is 2.60. The Kier molecular flexibility index (Phi) is 7.14. The van der Waals surface area contributed by atoms with Gasteiger partial charge in [0, 0.05) is 45.1 Å². The van der Waals surface area contributed by atoms with E-state index in [4.69, 9.17) is 21.1 Å². The van der Waals surface area contributed by atoms with Crippen molar-refractivity contribution in [2.45, 2.75) is 33.1 Å². The minimum Gasteiger partial charge on any atom is -0.367 e. The Balaban J connectivity index is 1.56. The van der Waals surface area contributed by atoms with E-state index < -0.39 is 0 Å². The minimum absolute atomic E-state index is 0.271. The molecule has 152 valence electrons. The number of piperazine rings is 1. The maximum atomic E-state index is 6.34. The number of hydrogen-bond donors (Lipinski definition) is 1. The van der Waals surface area contributed by atoms with Crippen molar-refractivity contribution in [2.75, 3.05) is 44.2 Å². The number of halogens is 1. The van der Waals surface area contributed by atoms with Crippen molar-refractivity contribution in [2.24, 2.45) is 4.99 Å². The zero-order valence-electron chi connectivity index (χ0n) is 16.9. The molecule has 1 saturated heterocycles. The normalized spacial score (nSPS) is 15.4. The van der Waals surface area contributed by atoms with Crippen LogP contribution in [-0.4, -0.2) is 60.3 Å². The number of anilines is 1. The van der Waals surface area contributed by atoms with Crippen molar-refractivity contribution in [3.8, 4) is 0 Å². The average molecular weight is 405 g/mol. The summed E-state index contributed by atoms with van der Waals surface area (Å²) >= 11 is 6.34. The number of rotatable bonds is 6. The van der Waals surface area contributed by atoms with Crippen LogP contribution in [0.5, 0.6) is 0 Å². The Morgan fingerprint density at radius 1 is 1.25 bits per heavy atom. The lowest BCUT2D eigenvalue weighted by Crippen LogP contribution is -2.52. The number of nitrogens with one attached hydrogen (secondary N) is 1. The monoisotopic (exact) mass is 404 g/mol. The summed E-state index contributed by atoms with van der Waals surface area (Å²) in [5.41, 5.74) is 1.10. The van der Waals surface area contributed by atoms with E-state index in [0.29, 0.717) is 18.9 Å². The van der Waals surface area contributed by atoms with Crippen LogP contribution in [0.1, 0.15) is 38.4 Å². The molecular formula is C20H29ClN6O. The summed E-state index contributed by atoms with van der Waals surface area (Å²) in [4.78, 5) is 13.8. The van der Waals surface area contributed by atoms with Crippen LogP contribution >= 0.6 is 11.6 Å². The zero-order chi connectivity index (χ0) is 19.9. The predicted molar refractivity (Wildman–Crippen MR) is 113 cm³/mol. The number of hydrogen-bond acceptors (Lipinski definition) is 5. The molecule has 0 saturated carbocycles. The van der Waals surface area contributed by atoms with Gasteiger partial charge in [0.2, 0.25) is 5.89 Å². The van der Waals surface area contributed by atoms with E-state index in [1.807, 2.05) is 18.2 Å². The fraction of sp³-hybridized carbons (Fsp3) is 0.550. The van der Waals surface area contributed by atoms with Crippen LogP contribution in [0.15, 0.2) is 33.8 Å². The van der Waals surface area contributed by atoms with E-state index in [0.717, 1.165) is 55.2 Å². The SMILES string of the molecule is CCNC(=NCCc1nc(C(C)C)no1)N1CCN(c2ccccc2Cl)CC1. The van der Waals surface area contributed by atoms with E-state index >= 15 is 0 Å². The maximum absolute atomic E-state index is 6.34. The molecule has 1 fully saturated rings. The molecule has 1 aliphatic heterocycles. The minimum atomic E-state index is 0.271. The Labute approximate surface area is 171 Å². The van der Waals surface area contributed by atoms with Crippen molar-refractivity contribution in [1.29, 1.82) is 0 Å². The van der Waals surface area contributed by atoms with Gasteiger partial charge < -0.3 is 19.6 Å². The van der Waals surface area contributed by atoms with Crippen LogP contribution in [0, 0.1) is 0 Å². The Morgan fingerprint density at radius 2 is 2.00 bits per heavy atom. The molecule has 1 N–H and O–H groups in total. The molecular weight excluding hydrogens is 376 g/mol. The van der Waals surface area contributed by atoms with E-state index in [-0.39, 0.29) is 5.92 Å². The van der Waals surface area contributed by atoms with Crippen LogP contribution in [0.25, 0.3) is 0 Å². The number of aromatic nitrogens is 2. The summed E-state index contributed by atoms with van der Waals surface area (Å²) in [5, 5.41) is 8.20. The van der Waals surface area contributed by atoms with E-state index in [1.165, 1.54) is 0 Å². The highest BCUT2D eigenvalue weighted by molar-refractivity contribution is 6.33. The molecule has 2 aromatic rings. The van der Waals surface area contributed by atoms with Crippen LogP contribution < -0.4 is 10.2 Å². The van der Waals surface area contributed by atoms with E-state index in [9.17, 15) is 0 Å². The van der Waals surface area contributed by atoms with Crippen molar-refractivity contribution >= 4 is 23.2 Å². The molecule has 0 spiro atoms. The van der Waals surface area contributed by atoms with Crippen LogP contribution in [0.3, 0.4) is 0 Å². The molecule has 3 rings (SSSR count). The largest absolute Gasteiger partial charge is 0.367 e. The van der Waals surface area contributed by atoms with E-state index in [2.05, 4.69) is 52.1 Å². The molecule has 0 amide bonds. The molecule has 8 heteroatoms. The van der Waals surface area contributed by atoms with Crippen molar-refractivity contribution in [3.05, 3.63) is 41.0 Å². The first kappa shape index (κ1) is 20.5. The molecule has 0 bridgehead atoms. The smallest absolute Gasteiger partial charge is 0.228 e. The van der Waals surface area contributed by atoms with Gasteiger partial charge in [-0.1, -0.05) is 42.7 Å². The molecule has 1 aliphatic rings. The van der Waals surface area contributed by atoms with Crippen LogP contribution in [0.2, 0.25) is 5.02 Å². The Hall–Kier alpha value is -2.28. The number of para-hydroxylation sites is 1. The number of benzene rings is 1. The summed E-state index contributed by atoms with van der Waals surface area (Å²) < 4.78 is 5.30. The fourth-order valence-electron chi connectivity index (χ4n) is 3.15. The van der Waals surface area contributed by atoms with Crippen molar-refractivity contribution in [1.82, 2.24) is 20.4 Å². The standard InChI is InChI=1S/C20H29ClN6O/c1-4-22-20(23-10-9-18-24-19(15(2)3)25-28-18)27-13-11-26(12-14-27)17-8-6-5-7-16(17)21/h5-8,15H,4,9-14H2,1-3H3,(H,22,23). The molecule has 1 aromatic carbocycles. The van der Waals surface area contributed by atoms with Crippen LogP contribution in [-0.2, 0) is 6.42 Å². The second-order valence-electron chi connectivity index (χ2n) is 7.11. The van der Waals surface area contributed by atoms with Crippen LogP contribution in [0.4, 0.5) is 5.69 Å². The first-order chi connectivity index (χ1) is 13.6. The highest BCUT2D eigenvalue weighted by atomic mass is 35.5. The number of guanidine groups is 1. The lowest BCUT2D eigenvalue weighted by Gasteiger charge is -2.38. The molecule has 1 aromatic heterocycles. The van der Waals surface area contributed by atoms with Crippen molar-refractivity contribution < 1.29 is 4.52 Å². The number of nitrogens with zero attached hydrogens (tertiary/aromatic N) is 5. The molecule has 0 unspecified atom stereocenters. The molecule has 0 atom stereocenters. The Bertz CT molecular complexity index is 783. The number of aliphatic imine (C=N–C) groups is 1. The van der Waals surface area contributed by atoms with E-state index in [1.54, 1.807) is 0 Å². The third-order valence-electron chi connectivity index (χ3n) is 4.69. The quantitative estimate of drug-likeness (QED) is 0.589. The third kappa shape index (κ3) is 5.16. The Morgan fingerprint density at radius 3 is 2.64 bits per heavy atom. The molecule has 0 aliphatic carbocycles. The predicted octanol–water partition coefficient (Wildman–Crippen LogP) is 3.18. The molecule has 7 nitrogen and oxygen atoms in total.